The lowest BCUT2D eigenvalue weighted by Gasteiger charge is -1.95. The van der Waals surface area contributed by atoms with Gasteiger partial charge in [-0.15, -0.1) is 0 Å². The second-order valence-corrected chi connectivity index (χ2v) is 2.91. The number of halogens is 2. The number of nitrogens with two attached hydrogens (primary N) is 1. The van der Waals surface area contributed by atoms with E-state index in [2.05, 4.69) is 6.58 Å². The van der Waals surface area contributed by atoms with Gasteiger partial charge in [-0.2, -0.15) is 0 Å². The molecule has 0 atom stereocenters. The molecule has 0 saturated carbocycles. The minimum Gasteiger partial charge on any atom is -0.327 e. The van der Waals surface area contributed by atoms with Crippen LogP contribution in [0.2, 0.25) is 0 Å². The Kier molecular flexibility index (Phi) is 5.30. The van der Waals surface area contributed by atoms with E-state index in [1.54, 1.807) is 6.08 Å². The zero-order valence-electron chi connectivity index (χ0n) is 6.40. The predicted octanol–water partition coefficient (Wildman–Crippen LogP) is 2.77. The van der Waals surface area contributed by atoms with Crippen LogP contribution in [0.3, 0.4) is 0 Å². The maximum Gasteiger partial charge on any atom is 0.0592 e. The van der Waals surface area contributed by atoms with Crippen molar-refractivity contribution in [2.75, 3.05) is 6.54 Å². The van der Waals surface area contributed by atoms with Crippen molar-refractivity contribution in [3.8, 4) is 0 Å². The molecule has 0 fully saturated rings. The standard InChI is InChI=1S/C8H11Cl2N/c1-3-7(9)8(10)4-6(2)5-11/h3-4H,1,5,11H2,2H3/b6-4+,8-7-. The molecular formula is C8H11Cl2N. The fourth-order valence-electron chi connectivity index (χ4n) is 0.442. The number of rotatable bonds is 3. The maximum atomic E-state index is 5.75. The van der Waals surface area contributed by atoms with Crippen molar-refractivity contribution in [1.29, 1.82) is 0 Å². The Morgan fingerprint density at radius 1 is 1.45 bits per heavy atom. The first-order chi connectivity index (χ1) is 5.11. The lowest BCUT2D eigenvalue weighted by atomic mass is 10.3. The minimum absolute atomic E-state index is 0.444. The summed E-state index contributed by atoms with van der Waals surface area (Å²) in [4.78, 5) is 0. The van der Waals surface area contributed by atoms with Gasteiger partial charge in [0.1, 0.15) is 0 Å². The van der Waals surface area contributed by atoms with Gasteiger partial charge in [-0.1, -0.05) is 35.4 Å². The van der Waals surface area contributed by atoms with Crippen LogP contribution in [-0.2, 0) is 0 Å². The van der Waals surface area contributed by atoms with Gasteiger partial charge >= 0.3 is 0 Å². The summed E-state index contributed by atoms with van der Waals surface area (Å²) in [6, 6.07) is 0. The van der Waals surface area contributed by atoms with E-state index in [1.165, 1.54) is 6.08 Å². The van der Waals surface area contributed by atoms with Crippen LogP contribution in [0.15, 0.2) is 34.4 Å². The molecule has 3 heteroatoms. The third-order valence-corrected chi connectivity index (χ3v) is 1.87. The van der Waals surface area contributed by atoms with Crippen LogP contribution in [0.25, 0.3) is 0 Å². The molecule has 11 heavy (non-hydrogen) atoms. The lowest BCUT2D eigenvalue weighted by molar-refractivity contribution is 1.14. The van der Waals surface area contributed by atoms with Gasteiger partial charge in [0.2, 0.25) is 0 Å². The molecule has 0 unspecified atom stereocenters. The summed E-state index contributed by atoms with van der Waals surface area (Å²) in [6.07, 6.45) is 3.22. The van der Waals surface area contributed by atoms with Crippen LogP contribution in [0, 0.1) is 0 Å². The first kappa shape index (κ1) is 10.8. The van der Waals surface area contributed by atoms with Gasteiger partial charge < -0.3 is 5.73 Å². The highest BCUT2D eigenvalue weighted by molar-refractivity contribution is 6.41. The van der Waals surface area contributed by atoms with E-state index >= 15 is 0 Å². The topological polar surface area (TPSA) is 26.0 Å². The minimum atomic E-state index is 0.444. The molecule has 0 aliphatic heterocycles. The van der Waals surface area contributed by atoms with Gasteiger partial charge in [0, 0.05) is 6.54 Å². The fraction of sp³-hybridized carbons (Fsp3) is 0.250. The Morgan fingerprint density at radius 3 is 2.36 bits per heavy atom. The van der Waals surface area contributed by atoms with Crippen molar-refractivity contribution in [3.63, 3.8) is 0 Å². The van der Waals surface area contributed by atoms with Gasteiger partial charge in [0.05, 0.1) is 10.1 Å². The summed E-state index contributed by atoms with van der Waals surface area (Å²) in [6.45, 7) is 5.85. The second-order valence-electron chi connectivity index (χ2n) is 2.09. The first-order valence-corrected chi connectivity index (χ1v) is 3.92. The summed E-state index contributed by atoms with van der Waals surface area (Å²) in [7, 11) is 0. The van der Waals surface area contributed by atoms with Crippen molar-refractivity contribution < 1.29 is 0 Å². The molecule has 0 aliphatic carbocycles. The molecular weight excluding hydrogens is 181 g/mol. The lowest BCUT2D eigenvalue weighted by Crippen LogP contribution is -1.99. The molecule has 0 amide bonds. The summed E-state index contributed by atoms with van der Waals surface area (Å²) >= 11 is 11.4. The second kappa shape index (κ2) is 5.42. The number of hydrogen-bond donors (Lipinski definition) is 1. The summed E-state index contributed by atoms with van der Waals surface area (Å²) in [5.74, 6) is 0. The van der Waals surface area contributed by atoms with Crippen molar-refractivity contribution in [2.45, 2.75) is 6.92 Å². The highest BCUT2D eigenvalue weighted by Gasteiger charge is 1.93. The largest absolute Gasteiger partial charge is 0.327 e. The zero-order valence-corrected chi connectivity index (χ0v) is 7.91. The van der Waals surface area contributed by atoms with E-state index in [1.807, 2.05) is 6.92 Å². The molecule has 62 valence electrons. The highest BCUT2D eigenvalue weighted by atomic mass is 35.5. The van der Waals surface area contributed by atoms with Crippen molar-refractivity contribution >= 4 is 23.2 Å². The molecule has 0 aromatic heterocycles. The van der Waals surface area contributed by atoms with Crippen LogP contribution in [-0.4, -0.2) is 6.54 Å². The third-order valence-electron chi connectivity index (χ3n) is 1.10. The Bertz CT molecular complexity index is 204. The molecule has 0 aliphatic rings. The van der Waals surface area contributed by atoms with Gasteiger partial charge in [-0.25, -0.2) is 0 Å². The van der Waals surface area contributed by atoms with Gasteiger partial charge in [0.25, 0.3) is 0 Å². The molecule has 2 N–H and O–H groups in total. The summed E-state index contributed by atoms with van der Waals surface area (Å²) < 4.78 is 0. The van der Waals surface area contributed by atoms with Crippen LogP contribution in [0.1, 0.15) is 6.92 Å². The molecule has 0 aromatic rings. The first-order valence-electron chi connectivity index (χ1n) is 3.16. The van der Waals surface area contributed by atoms with E-state index in [-0.39, 0.29) is 0 Å². The Morgan fingerprint density at radius 2 is 2.00 bits per heavy atom. The number of hydrogen-bond acceptors (Lipinski definition) is 1. The van der Waals surface area contributed by atoms with Crippen molar-refractivity contribution in [1.82, 2.24) is 0 Å². The van der Waals surface area contributed by atoms with E-state index in [9.17, 15) is 0 Å². The molecule has 0 heterocycles. The van der Waals surface area contributed by atoms with E-state index in [4.69, 9.17) is 28.9 Å². The molecule has 1 nitrogen and oxygen atoms in total. The van der Waals surface area contributed by atoms with E-state index in [0.29, 0.717) is 16.6 Å². The monoisotopic (exact) mass is 191 g/mol. The maximum absolute atomic E-state index is 5.75. The molecule has 0 saturated heterocycles. The SMILES string of the molecule is C=C/C(Cl)=C(Cl)\C=C(/C)CN. The average molecular weight is 192 g/mol. The third kappa shape index (κ3) is 4.25. The summed E-state index contributed by atoms with van der Waals surface area (Å²) in [5, 5.41) is 0.920. The molecule has 0 spiro atoms. The normalized spacial score (nSPS) is 14.4. The Hall–Kier alpha value is -0.240. The number of allylic oxidation sites excluding steroid dienone is 4. The molecule has 0 radical (unpaired) electrons. The van der Waals surface area contributed by atoms with Crippen molar-refractivity contribution in [2.24, 2.45) is 5.73 Å². The predicted molar refractivity (Wildman–Crippen MR) is 51.7 cm³/mol. The highest BCUT2D eigenvalue weighted by Crippen LogP contribution is 2.16. The van der Waals surface area contributed by atoms with Crippen LogP contribution in [0.5, 0.6) is 0 Å². The fourth-order valence-corrected chi connectivity index (χ4v) is 0.760. The van der Waals surface area contributed by atoms with Crippen LogP contribution < -0.4 is 5.73 Å². The molecule has 0 aromatic carbocycles. The van der Waals surface area contributed by atoms with Crippen LogP contribution >= 0.6 is 23.2 Å². The van der Waals surface area contributed by atoms with Gasteiger partial charge in [0.15, 0.2) is 0 Å². The molecule has 0 bridgehead atoms. The summed E-state index contributed by atoms with van der Waals surface area (Å²) in [5.41, 5.74) is 6.32. The van der Waals surface area contributed by atoms with E-state index < -0.39 is 0 Å². The quantitative estimate of drug-likeness (QED) is 0.683. The van der Waals surface area contributed by atoms with Crippen molar-refractivity contribution in [3.05, 3.63) is 34.4 Å². The average Bonchev–Trinajstić information content (AvgIpc) is 2.02. The van der Waals surface area contributed by atoms with Gasteiger partial charge in [-0.05, 0) is 19.1 Å². The Labute approximate surface area is 77.2 Å². The zero-order chi connectivity index (χ0) is 8.85. The smallest absolute Gasteiger partial charge is 0.0592 e. The molecule has 0 rings (SSSR count). The Balaban J connectivity index is 4.49. The van der Waals surface area contributed by atoms with Gasteiger partial charge in [-0.3, -0.25) is 0 Å². The van der Waals surface area contributed by atoms with E-state index in [0.717, 1.165) is 5.57 Å². The van der Waals surface area contributed by atoms with Crippen LogP contribution in [0.4, 0.5) is 0 Å².